The van der Waals surface area contributed by atoms with Gasteiger partial charge in [0.15, 0.2) is 0 Å². The first-order chi connectivity index (χ1) is 12.4. The van der Waals surface area contributed by atoms with E-state index in [1.54, 1.807) is 26.2 Å². The van der Waals surface area contributed by atoms with E-state index in [1.807, 2.05) is 44.2 Å². The quantitative estimate of drug-likeness (QED) is 0.771. The Labute approximate surface area is 158 Å². The molecule has 26 heavy (non-hydrogen) atoms. The Bertz CT molecular complexity index is 792. The van der Waals surface area contributed by atoms with Crippen molar-refractivity contribution >= 4 is 35.0 Å². The van der Waals surface area contributed by atoms with Crippen LogP contribution < -0.4 is 15.4 Å². The number of carbonyl (C=O) groups excluding carboxylic acids is 2. The van der Waals surface area contributed by atoms with Crippen LogP contribution in [0.1, 0.15) is 18.1 Å². The lowest BCUT2D eigenvalue weighted by Crippen LogP contribution is -2.25. The minimum atomic E-state index is -0.349. The molecule has 0 saturated heterocycles. The van der Waals surface area contributed by atoms with Crippen LogP contribution in [0.3, 0.4) is 0 Å². The molecule has 0 fully saturated rings. The molecule has 2 aromatic rings. The van der Waals surface area contributed by atoms with Crippen LogP contribution in [-0.2, 0) is 9.59 Å². The van der Waals surface area contributed by atoms with E-state index in [1.165, 1.54) is 11.8 Å². The van der Waals surface area contributed by atoms with Crippen LogP contribution in [0.15, 0.2) is 42.5 Å². The summed E-state index contributed by atoms with van der Waals surface area (Å²) in [5.41, 5.74) is 3.52. The Morgan fingerprint density at radius 1 is 1.08 bits per heavy atom. The molecule has 1 atom stereocenters. The Hall–Kier alpha value is -2.47. The van der Waals surface area contributed by atoms with Gasteiger partial charge in [0.25, 0.3) is 0 Å². The van der Waals surface area contributed by atoms with Crippen LogP contribution in [0.2, 0.25) is 0 Å². The molecule has 1 unspecified atom stereocenters. The second kappa shape index (κ2) is 9.29. The predicted molar refractivity (Wildman–Crippen MR) is 108 cm³/mol. The number of amides is 2. The highest BCUT2D eigenvalue weighted by molar-refractivity contribution is 8.01. The summed E-state index contributed by atoms with van der Waals surface area (Å²) in [6, 6.07) is 13.1. The van der Waals surface area contributed by atoms with Crippen LogP contribution in [0.5, 0.6) is 5.75 Å². The van der Waals surface area contributed by atoms with Gasteiger partial charge in [-0.3, -0.25) is 9.59 Å². The number of anilines is 2. The minimum Gasteiger partial charge on any atom is -0.495 e. The van der Waals surface area contributed by atoms with E-state index in [4.69, 9.17) is 4.74 Å². The molecule has 0 saturated carbocycles. The highest BCUT2D eigenvalue weighted by atomic mass is 32.2. The van der Waals surface area contributed by atoms with Crippen molar-refractivity contribution in [3.8, 4) is 5.75 Å². The number of methoxy groups -OCH3 is 1. The number of nitrogens with one attached hydrogen (secondary N) is 2. The van der Waals surface area contributed by atoms with Gasteiger partial charge in [0.05, 0.1) is 23.8 Å². The third kappa shape index (κ3) is 5.52. The zero-order valence-electron chi connectivity index (χ0n) is 15.5. The fraction of sp³-hybridized carbons (Fsp3) is 0.300. The molecule has 2 amide bonds. The lowest BCUT2D eigenvalue weighted by Gasteiger charge is -2.14. The van der Waals surface area contributed by atoms with Crippen LogP contribution in [0, 0.1) is 13.8 Å². The average molecular weight is 372 g/mol. The number of aryl methyl sites for hydroxylation is 2. The van der Waals surface area contributed by atoms with Crippen molar-refractivity contribution in [2.24, 2.45) is 0 Å². The molecule has 0 aromatic heterocycles. The maximum absolute atomic E-state index is 12.4. The molecule has 138 valence electrons. The van der Waals surface area contributed by atoms with Crippen molar-refractivity contribution in [1.82, 2.24) is 0 Å². The standard InChI is InChI=1S/C20H24N2O3S/c1-13-9-10-14(2)17(11-13)22-20(24)15(3)26-12-19(23)21-16-7-5-6-8-18(16)25-4/h5-11,15H,12H2,1-4H3,(H,21,23)(H,22,24). The fourth-order valence-electron chi connectivity index (χ4n) is 2.32. The number of benzene rings is 2. The van der Waals surface area contributed by atoms with Crippen molar-refractivity contribution < 1.29 is 14.3 Å². The van der Waals surface area contributed by atoms with E-state index in [0.29, 0.717) is 11.4 Å². The van der Waals surface area contributed by atoms with E-state index >= 15 is 0 Å². The predicted octanol–water partition coefficient (Wildman–Crippen LogP) is 4.01. The highest BCUT2D eigenvalue weighted by Crippen LogP contribution is 2.24. The molecule has 0 aliphatic carbocycles. The van der Waals surface area contributed by atoms with Crippen LogP contribution in [-0.4, -0.2) is 29.9 Å². The largest absolute Gasteiger partial charge is 0.495 e. The van der Waals surface area contributed by atoms with Gasteiger partial charge in [0.1, 0.15) is 5.75 Å². The molecule has 5 nitrogen and oxygen atoms in total. The summed E-state index contributed by atoms with van der Waals surface area (Å²) in [4.78, 5) is 24.5. The number of hydrogen-bond acceptors (Lipinski definition) is 4. The summed E-state index contributed by atoms with van der Waals surface area (Å²) in [6.45, 7) is 5.73. The third-order valence-electron chi connectivity index (χ3n) is 3.87. The molecule has 2 aromatic carbocycles. The number of thioether (sulfide) groups is 1. The average Bonchev–Trinajstić information content (AvgIpc) is 2.63. The molecule has 0 aliphatic rings. The molecule has 6 heteroatoms. The van der Waals surface area contributed by atoms with Gasteiger partial charge in [0, 0.05) is 5.69 Å². The van der Waals surface area contributed by atoms with Gasteiger partial charge in [-0.1, -0.05) is 24.3 Å². The lowest BCUT2D eigenvalue weighted by atomic mass is 10.1. The van der Waals surface area contributed by atoms with E-state index in [9.17, 15) is 9.59 Å². The monoisotopic (exact) mass is 372 g/mol. The molecule has 2 rings (SSSR count). The second-order valence-corrected chi connectivity index (χ2v) is 7.34. The maximum atomic E-state index is 12.4. The molecule has 0 bridgehead atoms. The van der Waals surface area contributed by atoms with Crippen molar-refractivity contribution in [2.75, 3.05) is 23.5 Å². The lowest BCUT2D eigenvalue weighted by molar-refractivity contribution is -0.115. The minimum absolute atomic E-state index is 0.117. The van der Waals surface area contributed by atoms with Crippen LogP contribution >= 0.6 is 11.8 Å². The fourth-order valence-corrected chi connectivity index (χ4v) is 3.00. The summed E-state index contributed by atoms with van der Waals surface area (Å²) < 4.78 is 5.21. The molecule has 2 N–H and O–H groups in total. The summed E-state index contributed by atoms with van der Waals surface area (Å²) in [5.74, 6) is 0.491. The zero-order valence-corrected chi connectivity index (χ0v) is 16.3. The third-order valence-corrected chi connectivity index (χ3v) is 5.01. The Kier molecular flexibility index (Phi) is 7.09. The maximum Gasteiger partial charge on any atom is 0.237 e. The molecule has 0 aliphatic heterocycles. The molecule has 0 spiro atoms. The van der Waals surface area contributed by atoms with Gasteiger partial charge in [-0.15, -0.1) is 11.8 Å². The summed E-state index contributed by atoms with van der Waals surface area (Å²) in [7, 11) is 1.55. The number of hydrogen-bond donors (Lipinski definition) is 2. The Balaban J connectivity index is 1.87. The van der Waals surface area contributed by atoms with Crippen LogP contribution in [0.4, 0.5) is 11.4 Å². The number of rotatable bonds is 7. The number of para-hydroxylation sites is 2. The van der Waals surface area contributed by atoms with Gasteiger partial charge in [0.2, 0.25) is 11.8 Å². The van der Waals surface area contributed by atoms with Gasteiger partial charge >= 0.3 is 0 Å². The topological polar surface area (TPSA) is 67.4 Å². The Morgan fingerprint density at radius 2 is 1.81 bits per heavy atom. The van der Waals surface area contributed by atoms with Gasteiger partial charge in [-0.05, 0) is 50.1 Å². The summed E-state index contributed by atoms with van der Waals surface area (Å²) in [5, 5.41) is 5.39. The number of ether oxygens (including phenoxy) is 1. The van der Waals surface area contributed by atoms with Crippen molar-refractivity contribution in [3.05, 3.63) is 53.6 Å². The number of carbonyl (C=O) groups is 2. The first-order valence-electron chi connectivity index (χ1n) is 8.33. The van der Waals surface area contributed by atoms with E-state index < -0.39 is 0 Å². The van der Waals surface area contributed by atoms with Crippen molar-refractivity contribution in [3.63, 3.8) is 0 Å². The van der Waals surface area contributed by atoms with E-state index in [0.717, 1.165) is 16.8 Å². The molecular formula is C20H24N2O3S. The molecular weight excluding hydrogens is 348 g/mol. The smallest absolute Gasteiger partial charge is 0.237 e. The zero-order chi connectivity index (χ0) is 19.1. The van der Waals surface area contributed by atoms with Crippen molar-refractivity contribution in [2.45, 2.75) is 26.0 Å². The van der Waals surface area contributed by atoms with Gasteiger partial charge in [-0.2, -0.15) is 0 Å². The highest BCUT2D eigenvalue weighted by Gasteiger charge is 2.17. The SMILES string of the molecule is COc1ccccc1NC(=O)CSC(C)C(=O)Nc1cc(C)ccc1C. The molecule has 0 radical (unpaired) electrons. The molecule has 0 heterocycles. The summed E-state index contributed by atoms with van der Waals surface area (Å²) >= 11 is 1.29. The normalized spacial score (nSPS) is 11.5. The summed E-state index contributed by atoms with van der Waals surface area (Å²) in [6.07, 6.45) is 0. The first kappa shape index (κ1) is 19.8. The second-order valence-electron chi connectivity index (χ2n) is 6.01. The van der Waals surface area contributed by atoms with Gasteiger partial charge < -0.3 is 15.4 Å². The van der Waals surface area contributed by atoms with Crippen molar-refractivity contribution in [1.29, 1.82) is 0 Å². The first-order valence-corrected chi connectivity index (χ1v) is 9.38. The van der Waals surface area contributed by atoms with Crippen LogP contribution in [0.25, 0.3) is 0 Å². The van der Waals surface area contributed by atoms with E-state index in [2.05, 4.69) is 10.6 Å². The van der Waals surface area contributed by atoms with Gasteiger partial charge in [-0.25, -0.2) is 0 Å². The Morgan fingerprint density at radius 3 is 2.54 bits per heavy atom. The van der Waals surface area contributed by atoms with E-state index in [-0.39, 0.29) is 22.8 Å².